The van der Waals surface area contributed by atoms with E-state index in [1.54, 1.807) is 0 Å². The van der Waals surface area contributed by atoms with E-state index < -0.39 is 17.2 Å². The molecule has 7 nitrogen and oxygen atoms in total. The molecule has 0 fully saturated rings. The van der Waals surface area contributed by atoms with Gasteiger partial charge in [0.25, 0.3) is 0 Å². The number of carbonyl (C=O) groups excluding carboxylic acids is 2. The van der Waals surface area contributed by atoms with Crippen LogP contribution >= 0.6 is 12.0 Å². The highest BCUT2D eigenvalue weighted by Crippen LogP contribution is 2.22. The Bertz CT molecular complexity index is 422. The minimum Gasteiger partial charge on any atom is -0.466 e. The van der Waals surface area contributed by atoms with Crippen molar-refractivity contribution in [1.29, 1.82) is 0 Å². The number of ether oxygens (including phenoxy) is 2. The van der Waals surface area contributed by atoms with Gasteiger partial charge in [-0.2, -0.15) is 0 Å². The summed E-state index contributed by atoms with van der Waals surface area (Å²) in [5.41, 5.74) is 0. The van der Waals surface area contributed by atoms with Gasteiger partial charge in [-0.15, -0.1) is 4.33 Å². The van der Waals surface area contributed by atoms with Gasteiger partial charge in [0.1, 0.15) is 11.4 Å². The fourth-order valence-corrected chi connectivity index (χ4v) is 3.71. The van der Waals surface area contributed by atoms with Crippen LogP contribution in [0.15, 0.2) is 0 Å². The molecule has 184 valence electrons. The van der Waals surface area contributed by atoms with Crippen molar-refractivity contribution in [3.05, 3.63) is 0 Å². The molecule has 31 heavy (non-hydrogen) atoms. The van der Waals surface area contributed by atoms with Crippen LogP contribution in [0.3, 0.4) is 0 Å². The van der Waals surface area contributed by atoms with Crippen molar-refractivity contribution in [2.24, 2.45) is 0 Å². The maximum Gasteiger partial charge on any atom is 0.322 e. The number of unbranched alkanes of at least 4 members (excludes halogenated alkanes) is 9. The van der Waals surface area contributed by atoms with Crippen LogP contribution in [-0.2, 0) is 28.4 Å². The lowest BCUT2D eigenvalue weighted by molar-refractivity contribution is -0.432. The van der Waals surface area contributed by atoms with E-state index in [2.05, 4.69) is 30.1 Å². The SMILES string of the molecule is CCCCCCOC(=O)CC(SOOO)C(=O)OC(CCCCCC)CCCCCC. The van der Waals surface area contributed by atoms with E-state index in [-0.39, 0.29) is 12.5 Å². The maximum absolute atomic E-state index is 12.7. The van der Waals surface area contributed by atoms with E-state index in [9.17, 15) is 9.59 Å². The minimum atomic E-state index is -0.955. The number of rotatable bonds is 22. The van der Waals surface area contributed by atoms with Crippen molar-refractivity contribution < 1.29 is 33.7 Å². The van der Waals surface area contributed by atoms with Crippen LogP contribution in [0, 0.1) is 0 Å². The lowest BCUT2D eigenvalue weighted by Gasteiger charge is -2.21. The van der Waals surface area contributed by atoms with Gasteiger partial charge in [-0.3, -0.25) is 9.59 Å². The largest absolute Gasteiger partial charge is 0.466 e. The normalized spacial score (nSPS) is 12.2. The van der Waals surface area contributed by atoms with Crippen LogP contribution in [0.2, 0.25) is 0 Å². The first-order chi connectivity index (χ1) is 15.1. The van der Waals surface area contributed by atoms with Gasteiger partial charge in [0.2, 0.25) is 0 Å². The second kappa shape index (κ2) is 22.4. The Morgan fingerprint density at radius 3 is 1.87 bits per heavy atom. The molecule has 0 aliphatic carbocycles. The van der Waals surface area contributed by atoms with E-state index in [0.717, 1.165) is 77.0 Å². The predicted molar refractivity (Wildman–Crippen MR) is 123 cm³/mol. The smallest absolute Gasteiger partial charge is 0.322 e. The van der Waals surface area contributed by atoms with Gasteiger partial charge in [-0.25, -0.2) is 5.26 Å². The summed E-state index contributed by atoms with van der Waals surface area (Å²) in [6.07, 6.45) is 14.1. The van der Waals surface area contributed by atoms with Gasteiger partial charge in [0.05, 0.1) is 25.1 Å². The topological polar surface area (TPSA) is 91.3 Å². The van der Waals surface area contributed by atoms with Crippen LogP contribution in [0.4, 0.5) is 0 Å². The molecule has 0 aliphatic heterocycles. The van der Waals surface area contributed by atoms with E-state index in [1.807, 2.05) is 0 Å². The average Bonchev–Trinajstić information content (AvgIpc) is 2.76. The Hall–Kier alpha value is -0.830. The Morgan fingerprint density at radius 1 is 0.806 bits per heavy atom. The molecule has 0 heterocycles. The van der Waals surface area contributed by atoms with Gasteiger partial charge in [0, 0.05) is 0 Å². The van der Waals surface area contributed by atoms with Crippen LogP contribution in [0.5, 0.6) is 0 Å². The molecule has 0 aromatic rings. The fraction of sp³-hybridized carbons (Fsp3) is 0.913. The number of hydrogen-bond acceptors (Lipinski definition) is 8. The van der Waals surface area contributed by atoms with Crippen LogP contribution in [0.25, 0.3) is 0 Å². The minimum absolute atomic E-state index is 0.176. The van der Waals surface area contributed by atoms with Crippen LogP contribution in [-0.4, -0.2) is 35.2 Å². The van der Waals surface area contributed by atoms with Crippen LogP contribution < -0.4 is 0 Å². The maximum atomic E-state index is 12.7. The fourth-order valence-electron chi connectivity index (χ4n) is 3.25. The quantitative estimate of drug-likeness (QED) is 0.0615. The van der Waals surface area contributed by atoms with Crippen LogP contribution in [0.1, 0.15) is 117 Å². The summed E-state index contributed by atoms with van der Waals surface area (Å²) in [6, 6.07) is 0. The lowest BCUT2D eigenvalue weighted by Crippen LogP contribution is -2.29. The highest BCUT2D eigenvalue weighted by molar-refractivity contribution is 7.95. The van der Waals surface area contributed by atoms with Crippen molar-refractivity contribution in [3.8, 4) is 0 Å². The standard InChI is InChI=1S/C23H44O7S/c1-4-7-10-13-16-20(17-14-11-8-5-2)28-23(25)21(31-30-29-26)19-22(24)27-18-15-12-9-6-3/h20-21,26H,4-19H2,1-3H3. The molecule has 0 saturated heterocycles. The molecule has 8 heteroatoms. The summed E-state index contributed by atoms with van der Waals surface area (Å²) >= 11 is 0.564. The van der Waals surface area contributed by atoms with Crippen molar-refractivity contribution in [2.75, 3.05) is 6.61 Å². The zero-order valence-electron chi connectivity index (χ0n) is 19.8. The summed E-state index contributed by atoms with van der Waals surface area (Å²) < 4.78 is 15.4. The van der Waals surface area contributed by atoms with Gasteiger partial charge in [0.15, 0.2) is 0 Å². The molecule has 0 rings (SSSR count). The number of hydrogen-bond donors (Lipinski definition) is 1. The average molecular weight is 465 g/mol. The first-order valence-corrected chi connectivity index (χ1v) is 12.9. The van der Waals surface area contributed by atoms with Crippen molar-refractivity contribution in [2.45, 2.75) is 128 Å². The number of esters is 2. The second-order valence-corrected chi connectivity index (χ2v) is 8.87. The zero-order valence-corrected chi connectivity index (χ0v) is 20.6. The molecule has 0 saturated carbocycles. The summed E-state index contributed by atoms with van der Waals surface area (Å²) in [4.78, 5) is 24.8. The van der Waals surface area contributed by atoms with Crippen molar-refractivity contribution in [1.82, 2.24) is 0 Å². The van der Waals surface area contributed by atoms with Crippen molar-refractivity contribution in [3.63, 3.8) is 0 Å². The molecule has 0 radical (unpaired) electrons. The Balaban J connectivity index is 4.67. The lowest BCUT2D eigenvalue weighted by atomic mass is 10.0. The summed E-state index contributed by atoms with van der Waals surface area (Å²) in [7, 11) is 0. The van der Waals surface area contributed by atoms with Gasteiger partial charge in [-0.05, 0) is 32.1 Å². The van der Waals surface area contributed by atoms with E-state index in [0.29, 0.717) is 18.6 Å². The molecule has 0 bridgehead atoms. The highest BCUT2D eigenvalue weighted by atomic mass is 32.2. The molecule has 1 atom stereocenters. The molecule has 0 spiro atoms. The third-order valence-electron chi connectivity index (χ3n) is 5.10. The third kappa shape index (κ3) is 18.4. The van der Waals surface area contributed by atoms with Gasteiger partial charge < -0.3 is 9.47 Å². The van der Waals surface area contributed by atoms with Crippen molar-refractivity contribution >= 4 is 24.0 Å². The first-order valence-electron chi connectivity index (χ1n) is 12.1. The Kier molecular flexibility index (Phi) is 21.8. The summed E-state index contributed by atoms with van der Waals surface area (Å²) in [5, 5.41) is 11.1. The highest BCUT2D eigenvalue weighted by Gasteiger charge is 2.29. The van der Waals surface area contributed by atoms with E-state index in [4.69, 9.17) is 14.7 Å². The molecule has 0 aliphatic rings. The molecular weight excluding hydrogens is 420 g/mol. The monoisotopic (exact) mass is 464 g/mol. The summed E-state index contributed by atoms with van der Waals surface area (Å²) in [5.74, 6) is -1.03. The molecule has 1 unspecified atom stereocenters. The Labute approximate surface area is 193 Å². The molecule has 0 aromatic heterocycles. The molecule has 0 aromatic carbocycles. The molecule has 1 N–H and O–H groups in total. The number of carbonyl (C=O) groups is 2. The van der Waals surface area contributed by atoms with Gasteiger partial charge in [-0.1, -0.05) is 83.6 Å². The predicted octanol–water partition coefficient (Wildman–Crippen LogP) is 6.79. The second-order valence-electron chi connectivity index (χ2n) is 7.97. The summed E-state index contributed by atoms with van der Waals surface area (Å²) in [6.45, 7) is 6.77. The Morgan fingerprint density at radius 2 is 1.35 bits per heavy atom. The van der Waals surface area contributed by atoms with E-state index in [1.165, 1.54) is 12.8 Å². The molecule has 0 amide bonds. The van der Waals surface area contributed by atoms with E-state index >= 15 is 0 Å². The first kappa shape index (κ1) is 30.2. The third-order valence-corrected chi connectivity index (χ3v) is 5.83. The zero-order chi connectivity index (χ0) is 23.2. The molecular formula is C23H44O7S. The van der Waals surface area contributed by atoms with Gasteiger partial charge >= 0.3 is 11.9 Å².